The molecule has 0 bridgehead atoms. The number of carbonyl (C=O) groups excluding carboxylic acids is 1. The molecule has 3 rings (SSSR count). The Labute approximate surface area is 141 Å². The molecule has 0 aliphatic carbocycles. The fourth-order valence-electron chi connectivity index (χ4n) is 2.73. The summed E-state index contributed by atoms with van der Waals surface area (Å²) < 4.78 is 4.22. The maximum atomic E-state index is 12.2. The number of hydrogen-bond donors (Lipinski definition) is 1. The highest BCUT2D eigenvalue weighted by molar-refractivity contribution is 5.93. The zero-order valence-electron chi connectivity index (χ0n) is 13.9. The molecule has 0 spiro atoms. The number of aromatic nitrogens is 4. The highest BCUT2D eigenvalue weighted by Gasteiger charge is 2.20. The van der Waals surface area contributed by atoms with Crippen LogP contribution < -0.4 is 11.0 Å². The highest BCUT2D eigenvalue weighted by atomic mass is 16.6. The molecule has 130 valence electrons. The van der Waals surface area contributed by atoms with Gasteiger partial charge in [-0.3, -0.25) is 13.9 Å². The van der Waals surface area contributed by atoms with Crippen LogP contribution in [-0.2, 0) is 25.4 Å². The number of rotatable bonds is 4. The third-order valence-electron chi connectivity index (χ3n) is 4.08. The molecule has 0 aliphatic heterocycles. The van der Waals surface area contributed by atoms with E-state index in [4.69, 9.17) is 0 Å². The molecular weight excluding hydrogens is 328 g/mol. The number of anilines is 1. The molecule has 0 saturated carbocycles. The molecule has 1 N–H and O–H groups in total. The van der Waals surface area contributed by atoms with E-state index in [1.807, 2.05) is 0 Å². The van der Waals surface area contributed by atoms with E-state index in [-0.39, 0.29) is 18.1 Å². The number of nitrogens with zero attached hydrogens (tertiary/aromatic N) is 5. The van der Waals surface area contributed by atoms with Gasteiger partial charge in [0.1, 0.15) is 6.20 Å². The standard InChI is InChI=1S/C15H16N6O4/c1-9-16-7-14(21(24)25)20(9)8-13(22)17-10-4-5-11-12(6-10)19(3)15(23)18(11)2/h4-7H,8H2,1-3H3,(H,17,22). The van der Waals surface area contributed by atoms with Crippen molar-refractivity contribution in [3.05, 3.63) is 50.8 Å². The van der Waals surface area contributed by atoms with E-state index >= 15 is 0 Å². The predicted molar refractivity (Wildman–Crippen MR) is 90.4 cm³/mol. The lowest BCUT2D eigenvalue weighted by molar-refractivity contribution is -0.392. The number of fused-ring (bicyclic) bond motifs is 1. The lowest BCUT2D eigenvalue weighted by Crippen LogP contribution is -2.20. The molecule has 2 aromatic heterocycles. The van der Waals surface area contributed by atoms with Crippen LogP contribution in [0.4, 0.5) is 11.5 Å². The first-order valence-electron chi connectivity index (χ1n) is 7.41. The predicted octanol–water partition coefficient (Wildman–Crippen LogP) is 0.929. The Morgan fingerprint density at radius 3 is 2.64 bits per heavy atom. The van der Waals surface area contributed by atoms with E-state index in [0.29, 0.717) is 17.0 Å². The van der Waals surface area contributed by atoms with Crippen LogP contribution in [0.3, 0.4) is 0 Å². The summed E-state index contributed by atoms with van der Waals surface area (Å²) in [5, 5.41) is 13.7. The van der Waals surface area contributed by atoms with Gasteiger partial charge in [-0.2, -0.15) is 0 Å². The van der Waals surface area contributed by atoms with E-state index < -0.39 is 10.8 Å². The van der Waals surface area contributed by atoms with Gasteiger partial charge >= 0.3 is 11.5 Å². The second-order valence-electron chi connectivity index (χ2n) is 5.66. The lowest BCUT2D eigenvalue weighted by Gasteiger charge is -2.06. The number of imidazole rings is 2. The van der Waals surface area contributed by atoms with Gasteiger partial charge < -0.3 is 15.4 Å². The Morgan fingerprint density at radius 1 is 1.28 bits per heavy atom. The van der Waals surface area contributed by atoms with E-state index in [1.54, 1.807) is 39.2 Å². The van der Waals surface area contributed by atoms with Gasteiger partial charge in [0.15, 0.2) is 12.4 Å². The summed E-state index contributed by atoms with van der Waals surface area (Å²) in [5.41, 5.74) is 1.75. The van der Waals surface area contributed by atoms with Gasteiger partial charge in [0, 0.05) is 26.7 Å². The van der Waals surface area contributed by atoms with Crippen molar-refractivity contribution in [2.24, 2.45) is 14.1 Å². The summed E-state index contributed by atoms with van der Waals surface area (Å²) in [4.78, 5) is 38.4. The van der Waals surface area contributed by atoms with Crippen LogP contribution in [-0.4, -0.2) is 29.5 Å². The van der Waals surface area contributed by atoms with Crippen LogP contribution >= 0.6 is 0 Å². The Hall–Kier alpha value is -3.43. The quantitative estimate of drug-likeness (QED) is 0.558. The van der Waals surface area contributed by atoms with Crippen molar-refractivity contribution in [3.8, 4) is 0 Å². The molecule has 0 aliphatic rings. The second kappa shape index (κ2) is 5.89. The van der Waals surface area contributed by atoms with Gasteiger partial charge in [-0.1, -0.05) is 0 Å². The van der Waals surface area contributed by atoms with E-state index in [1.165, 1.54) is 13.7 Å². The van der Waals surface area contributed by atoms with Crippen molar-refractivity contribution in [3.63, 3.8) is 0 Å². The van der Waals surface area contributed by atoms with Gasteiger partial charge in [0.2, 0.25) is 0 Å². The molecule has 2 heterocycles. The Morgan fingerprint density at radius 2 is 1.96 bits per heavy atom. The van der Waals surface area contributed by atoms with Crippen LogP contribution in [0.2, 0.25) is 0 Å². The van der Waals surface area contributed by atoms with E-state index in [0.717, 1.165) is 11.7 Å². The fourth-order valence-corrected chi connectivity index (χ4v) is 2.73. The van der Waals surface area contributed by atoms with Crippen LogP contribution in [0.1, 0.15) is 5.82 Å². The Bertz CT molecular complexity index is 1060. The Kier molecular flexibility index (Phi) is 3.87. The maximum absolute atomic E-state index is 12.2. The first-order valence-corrected chi connectivity index (χ1v) is 7.41. The summed E-state index contributed by atoms with van der Waals surface area (Å²) in [6.45, 7) is 1.36. The van der Waals surface area contributed by atoms with Crippen molar-refractivity contribution in [2.75, 3.05) is 5.32 Å². The van der Waals surface area contributed by atoms with E-state index in [2.05, 4.69) is 10.3 Å². The molecule has 0 atom stereocenters. The molecule has 0 fully saturated rings. The summed E-state index contributed by atoms with van der Waals surface area (Å²) in [6, 6.07) is 5.09. The fraction of sp³-hybridized carbons (Fsp3) is 0.267. The molecule has 0 saturated heterocycles. The van der Waals surface area contributed by atoms with Crippen molar-refractivity contribution in [1.82, 2.24) is 18.7 Å². The van der Waals surface area contributed by atoms with Gasteiger partial charge in [0.25, 0.3) is 5.91 Å². The topological polar surface area (TPSA) is 117 Å². The van der Waals surface area contributed by atoms with Crippen molar-refractivity contribution in [1.29, 1.82) is 0 Å². The minimum absolute atomic E-state index is 0.164. The average Bonchev–Trinajstić information content (AvgIpc) is 3.02. The molecule has 3 aromatic rings. The smallest absolute Gasteiger partial charge is 0.343 e. The lowest BCUT2D eigenvalue weighted by atomic mass is 10.2. The average molecular weight is 344 g/mol. The van der Waals surface area contributed by atoms with Crippen molar-refractivity contribution < 1.29 is 9.72 Å². The maximum Gasteiger partial charge on any atom is 0.343 e. The van der Waals surface area contributed by atoms with Gasteiger partial charge in [-0.05, 0) is 23.1 Å². The zero-order valence-corrected chi connectivity index (χ0v) is 13.9. The molecule has 10 heteroatoms. The number of amides is 1. The number of aryl methyl sites for hydroxylation is 3. The number of hydrogen-bond acceptors (Lipinski definition) is 5. The monoisotopic (exact) mass is 344 g/mol. The first kappa shape index (κ1) is 16.4. The molecule has 10 nitrogen and oxygen atoms in total. The highest BCUT2D eigenvalue weighted by Crippen LogP contribution is 2.18. The van der Waals surface area contributed by atoms with Crippen LogP contribution in [0.5, 0.6) is 0 Å². The third-order valence-corrected chi connectivity index (χ3v) is 4.08. The van der Waals surface area contributed by atoms with Crippen LogP contribution in [0, 0.1) is 17.0 Å². The number of carbonyl (C=O) groups is 1. The number of benzene rings is 1. The molecule has 0 radical (unpaired) electrons. The normalized spacial score (nSPS) is 11.0. The van der Waals surface area contributed by atoms with Gasteiger partial charge in [-0.15, -0.1) is 0 Å². The van der Waals surface area contributed by atoms with E-state index in [9.17, 15) is 19.7 Å². The van der Waals surface area contributed by atoms with Crippen molar-refractivity contribution in [2.45, 2.75) is 13.5 Å². The molecule has 1 aromatic carbocycles. The zero-order chi connectivity index (χ0) is 18.3. The summed E-state index contributed by atoms with van der Waals surface area (Å²) in [5.74, 6) is -0.291. The SMILES string of the molecule is Cc1ncc([N+](=O)[O-])n1CC(=O)Nc1ccc2c(c1)n(C)c(=O)n2C. The van der Waals surface area contributed by atoms with Crippen molar-refractivity contribution >= 4 is 28.4 Å². The molecule has 1 amide bonds. The van der Waals surface area contributed by atoms with Gasteiger partial charge in [-0.25, -0.2) is 14.3 Å². The minimum Gasteiger partial charge on any atom is -0.358 e. The third kappa shape index (κ3) is 2.77. The summed E-state index contributed by atoms with van der Waals surface area (Å²) in [7, 11) is 3.32. The Balaban J connectivity index is 1.86. The number of nitrogens with one attached hydrogen (secondary N) is 1. The van der Waals surface area contributed by atoms with Gasteiger partial charge in [0.05, 0.1) is 11.0 Å². The second-order valence-corrected chi connectivity index (χ2v) is 5.66. The van der Waals surface area contributed by atoms with Crippen LogP contribution in [0.15, 0.2) is 29.2 Å². The van der Waals surface area contributed by atoms with Crippen LogP contribution in [0.25, 0.3) is 11.0 Å². The largest absolute Gasteiger partial charge is 0.358 e. The first-order chi connectivity index (χ1) is 11.8. The molecule has 0 unspecified atom stereocenters. The molecular formula is C15H16N6O4. The summed E-state index contributed by atoms with van der Waals surface area (Å²) >= 11 is 0. The number of nitro groups is 1. The summed E-state index contributed by atoms with van der Waals surface area (Å²) in [6.07, 6.45) is 1.12. The minimum atomic E-state index is -0.584. The molecule has 25 heavy (non-hydrogen) atoms.